The van der Waals surface area contributed by atoms with Crippen molar-refractivity contribution in [3.05, 3.63) is 42.1 Å². The van der Waals surface area contributed by atoms with Gasteiger partial charge in [-0.1, -0.05) is 44.2 Å². The standard InChI is InChI=1S/C30H41N3O2/c1-20(31)22-10-12-24(13-11-22)30(35)33-17-15-26(23-6-3-2-4-7-23)29(33)28(34)19-21-9-14-27-25(18-21)8-5-16-32-27/h5,8-9,14,16,18,20,22-24,26,29H,2-4,6-7,10-13,15,17,19,31H2,1H3/t20?,22?,24?,26-,29-/m0/s1. The van der Waals surface area contributed by atoms with E-state index in [1.807, 2.05) is 29.2 Å². The second-order valence-corrected chi connectivity index (χ2v) is 11.5. The van der Waals surface area contributed by atoms with Crippen molar-refractivity contribution in [3.8, 4) is 0 Å². The summed E-state index contributed by atoms with van der Waals surface area (Å²) in [6.07, 6.45) is 13.3. The van der Waals surface area contributed by atoms with Crippen LogP contribution in [0.2, 0.25) is 0 Å². The molecule has 5 heteroatoms. The molecule has 3 atom stereocenters. The van der Waals surface area contributed by atoms with Crippen molar-refractivity contribution in [1.29, 1.82) is 0 Å². The number of carbonyl (C=O) groups excluding carboxylic acids is 2. The summed E-state index contributed by atoms with van der Waals surface area (Å²) in [5.74, 6) is 1.91. The average Bonchev–Trinajstić information content (AvgIpc) is 3.34. The Labute approximate surface area is 209 Å². The van der Waals surface area contributed by atoms with E-state index in [-0.39, 0.29) is 29.7 Å². The smallest absolute Gasteiger partial charge is 0.226 e. The van der Waals surface area contributed by atoms with Crippen molar-refractivity contribution in [2.24, 2.45) is 29.4 Å². The molecule has 1 saturated heterocycles. The number of hydrogen-bond donors (Lipinski definition) is 1. The van der Waals surface area contributed by atoms with Gasteiger partial charge in [0.25, 0.3) is 0 Å². The molecule has 2 N–H and O–H groups in total. The third-order valence-electron chi connectivity index (χ3n) is 9.22. The van der Waals surface area contributed by atoms with Crippen LogP contribution in [-0.2, 0) is 16.0 Å². The quantitative estimate of drug-likeness (QED) is 0.615. The Bertz CT molecular complexity index is 1040. The number of pyridine rings is 1. The molecule has 1 unspecified atom stereocenters. The molecule has 0 spiro atoms. The molecular formula is C30H41N3O2. The van der Waals surface area contributed by atoms with E-state index in [2.05, 4.69) is 18.0 Å². The second kappa shape index (κ2) is 10.8. The van der Waals surface area contributed by atoms with Crippen LogP contribution in [0.3, 0.4) is 0 Å². The first kappa shape index (κ1) is 24.4. The zero-order chi connectivity index (χ0) is 24.4. The predicted molar refractivity (Wildman–Crippen MR) is 140 cm³/mol. The number of ketones is 1. The van der Waals surface area contributed by atoms with Gasteiger partial charge in [-0.05, 0) is 80.5 Å². The van der Waals surface area contributed by atoms with Gasteiger partial charge >= 0.3 is 0 Å². The van der Waals surface area contributed by atoms with E-state index in [0.717, 1.165) is 55.1 Å². The molecule has 0 bridgehead atoms. The normalized spacial score (nSPS) is 28.8. The molecule has 1 aromatic carbocycles. The van der Waals surface area contributed by atoms with Gasteiger partial charge in [-0.15, -0.1) is 0 Å². The molecule has 2 aliphatic carbocycles. The maximum atomic E-state index is 13.9. The lowest BCUT2D eigenvalue weighted by Gasteiger charge is -2.36. The molecule has 1 aromatic heterocycles. The molecule has 0 radical (unpaired) electrons. The molecule has 5 rings (SSSR count). The highest BCUT2D eigenvalue weighted by molar-refractivity contribution is 5.92. The fourth-order valence-electron chi connectivity index (χ4n) is 7.20. The summed E-state index contributed by atoms with van der Waals surface area (Å²) in [4.78, 5) is 34.1. The van der Waals surface area contributed by atoms with Crippen LogP contribution in [0.25, 0.3) is 10.9 Å². The fourth-order valence-corrected chi connectivity index (χ4v) is 7.20. The average molecular weight is 476 g/mol. The number of hydrogen-bond acceptors (Lipinski definition) is 4. The van der Waals surface area contributed by atoms with Crippen molar-refractivity contribution < 1.29 is 9.59 Å². The Morgan fingerprint density at radius 1 is 1.03 bits per heavy atom. The number of amides is 1. The lowest BCUT2D eigenvalue weighted by atomic mass is 9.75. The predicted octanol–water partition coefficient (Wildman–Crippen LogP) is 5.30. The number of Topliss-reactive ketones (excluding diaryl/α,β-unsaturated/α-hetero) is 1. The topological polar surface area (TPSA) is 76.3 Å². The van der Waals surface area contributed by atoms with Crippen LogP contribution in [0.4, 0.5) is 0 Å². The van der Waals surface area contributed by atoms with Crippen molar-refractivity contribution in [2.75, 3.05) is 6.54 Å². The van der Waals surface area contributed by atoms with Crippen molar-refractivity contribution in [1.82, 2.24) is 9.88 Å². The molecule has 188 valence electrons. The fraction of sp³-hybridized carbons (Fsp3) is 0.633. The van der Waals surface area contributed by atoms with Gasteiger partial charge in [-0.3, -0.25) is 14.6 Å². The first-order valence-electron chi connectivity index (χ1n) is 13.9. The van der Waals surface area contributed by atoms with Crippen LogP contribution in [0.5, 0.6) is 0 Å². The van der Waals surface area contributed by atoms with Gasteiger partial charge in [0.2, 0.25) is 5.91 Å². The summed E-state index contributed by atoms with van der Waals surface area (Å²) in [5, 5.41) is 1.06. The van der Waals surface area contributed by atoms with E-state index >= 15 is 0 Å². The number of nitrogens with zero attached hydrogens (tertiary/aromatic N) is 2. The largest absolute Gasteiger partial charge is 0.332 e. The molecule has 3 aliphatic rings. The summed E-state index contributed by atoms with van der Waals surface area (Å²) in [5.41, 5.74) is 8.11. The zero-order valence-electron chi connectivity index (χ0n) is 21.2. The van der Waals surface area contributed by atoms with E-state index in [9.17, 15) is 9.59 Å². The van der Waals surface area contributed by atoms with Crippen molar-refractivity contribution in [3.63, 3.8) is 0 Å². The van der Waals surface area contributed by atoms with Gasteiger partial charge < -0.3 is 10.6 Å². The van der Waals surface area contributed by atoms with Crippen LogP contribution in [0.1, 0.15) is 76.7 Å². The second-order valence-electron chi connectivity index (χ2n) is 11.5. The highest BCUT2D eigenvalue weighted by Crippen LogP contribution is 2.41. The third-order valence-corrected chi connectivity index (χ3v) is 9.22. The van der Waals surface area contributed by atoms with Crippen LogP contribution in [0.15, 0.2) is 36.5 Å². The number of carbonyl (C=O) groups is 2. The van der Waals surface area contributed by atoms with E-state index in [4.69, 9.17) is 5.73 Å². The van der Waals surface area contributed by atoms with Gasteiger partial charge in [0, 0.05) is 36.5 Å². The Kier molecular flexibility index (Phi) is 7.52. The molecule has 1 amide bonds. The Morgan fingerprint density at radius 3 is 2.54 bits per heavy atom. The highest BCUT2D eigenvalue weighted by atomic mass is 16.2. The van der Waals surface area contributed by atoms with E-state index < -0.39 is 0 Å². The molecule has 2 aromatic rings. The number of nitrogens with two attached hydrogens (primary N) is 1. The van der Waals surface area contributed by atoms with Gasteiger partial charge in [-0.25, -0.2) is 0 Å². The van der Waals surface area contributed by atoms with Gasteiger partial charge in [0.1, 0.15) is 0 Å². The summed E-state index contributed by atoms with van der Waals surface area (Å²) >= 11 is 0. The Balaban J connectivity index is 1.35. The van der Waals surface area contributed by atoms with Crippen molar-refractivity contribution in [2.45, 2.75) is 89.6 Å². The highest BCUT2D eigenvalue weighted by Gasteiger charge is 2.46. The maximum Gasteiger partial charge on any atom is 0.226 e. The number of rotatable bonds is 6. The minimum atomic E-state index is -0.263. The molecule has 2 saturated carbocycles. The van der Waals surface area contributed by atoms with Crippen LogP contribution in [-0.4, -0.2) is 40.2 Å². The molecule has 35 heavy (non-hydrogen) atoms. The first-order chi connectivity index (χ1) is 17.0. The number of fused-ring (bicyclic) bond motifs is 1. The monoisotopic (exact) mass is 475 g/mol. The zero-order valence-corrected chi connectivity index (χ0v) is 21.2. The minimum Gasteiger partial charge on any atom is -0.332 e. The van der Waals surface area contributed by atoms with E-state index in [1.54, 1.807) is 6.20 Å². The SMILES string of the molecule is CC(N)C1CCC(C(=O)N2CC[C@@H](C3CCCCC3)[C@H]2C(=O)Cc2ccc3ncccc3c2)CC1. The van der Waals surface area contributed by atoms with Crippen molar-refractivity contribution >= 4 is 22.6 Å². The maximum absolute atomic E-state index is 13.9. The van der Waals surface area contributed by atoms with Gasteiger partial charge in [0.05, 0.1) is 11.6 Å². The number of benzene rings is 1. The lowest BCUT2D eigenvalue weighted by Crippen LogP contribution is -2.48. The molecule has 2 heterocycles. The Hall–Kier alpha value is -2.27. The number of likely N-dealkylation sites (tertiary alicyclic amines) is 1. The lowest BCUT2D eigenvalue weighted by molar-refractivity contribution is -0.143. The van der Waals surface area contributed by atoms with Crippen LogP contribution < -0.4 is 5.73 Å². The molecule has 5 nitrogen and oxygen atoms in total. The summed E-state index contributed by atoms with van der Waals surface area (Å²) in [7, 11) is 0. The Morgan fingerprint density at radius 2 is 1.80 bits per heavy atom. The van der Waals surface area contributed by atoms with E-state index in [1.165, 1.54) is 32.1 Å². The van der Waals surface area contributed by atoms with E-state index in [0.29, 0.717) is 24.2 Å². The third kappa shape index (κ3) is 5.30. The summed E-state index contributed by atoms with van der Waals surface area (Å²) in [6, 6.07) is 10.0. The molecule has 3 fully saturated rings. The van der Waals surface area contributed by atoms with Gasteiger partial charge in [-0.2, -0.15) is 0 Å². The molecular weight excluding hydrogens is 434 g/mol. The van der Waals surface area contributed by atoms with Gasteiger partial charge in [0.15, 0.2) is 5.78 Å². The summed E-state index contributed by atoms with van der Waals surface area (Å²) in [6.45, 7) is 2.82. The summed E-state index contributed by atoms with van der Waals surface area (Å²) < 4.78 is 0. The first-order valence-corrected chi connectivity index (χ1v) is 13.9. The molecule has 1 aliphatic heterocycles. The van der Waals surface area contributed by atoms with Crippen LogP contribution >= 0.6 is 0 Å². The number of aromatic nitrogens is 1. The minimum absolute atomic E-state index is 0.0529. The van der Waals surface area contributed by atoms with Crippen LogP contribution in [0, 0.1) is 23.7 Å².